The molecule has 30 heavy (non-hydrogen) atoms. The molecule has 1 aliphatic rings. The number of amides is 2. The molecule has 6 heteroatoms. The van der Waals surface area contributed by atoms with Gasteiger partial charge in [0.15, 0.2) is 0 Å². The Morgan fingerprint density at radius 2 is 1.73 bits per heavy atom. The SMILES string of the molecule is CCCN(C(=O)CCSc1ccccc1Br)C1CCN(C(=O)c2ccccc2)CC1. The molecule has 0 unspecified atom stereocenters. The molecule has 0 bridgehead atoms. The zero-order valence-corrected chi connectivity index (χ0v) is 19.8. The molecule has 2 aromatic rings. The second-order valence-electron chi connectivity index (χ2n) is 7.51. The van der Waals surface area contributed by atoms with E-state index >= 15 is 0 Å². The summed E-state index contributed by atoms with van der Waals surface area (Å²) in [5.74, 6) is 1.09. The number of carbonyl (C=O) groups excluding carboxylic acids is 2. The highest BCUT2D eigenvalue weighted by Crippen LogP contribution is 2.28. The van der Waals surface area contributed by atoms with E-state index in [-0.39, 0.29) is 17.9 Å². The number of carbonyl (C=O) groups is 2. The molecular weight excluding hydrogens is 460 g/mol. The van der Waals surface area contributed by atoms with E-state index in [0.717, 1.165) is 41.6 Å². The van der Waals surface area contributed by atoms with Crippen LogP contribution in [-0.4, -0.2) is 53.0 Å². The molecule has 0 radical (unpaired) electrons. The van der Waals surface area contributed by atoms with Crippen LogP contribution in [0, 0.1) is 0 Å². The van der Waals surface area contributed by atoms with Crippen LogP contribution in [0.5, 0.6) is 0 Å². The average Bonchev–Trinajstić information content (AvgIpc) is 2.79. The van der Waals surface area contributed by atoms with Crippen molar-refractivity contribution in [1.29, 1.82) is 0 Å². The molecule has 2 aromatic carbocycles. The van der Waals surface area contributed by atoms with Crippen molar-refractivity contribution >= 4 is 39.5 Å². The topological polar surface area (TPSA) is 40.6 Å². The predicted octanol–water partition coefficient (Wildman–Crippen LogP) is 5.47. The highest BCUT2D eigenvalue weighted by molar-refractivity contribution is 9.10. The first-order valence-corrected chi connectivity index (χ1v) is 12.4. The van der Waals surface area contributed by atoms with Crippen LogP contribution < -0.4 is 0 Å². The van der Waals surface area contributed by atoms with E-state index in [4.69, 9.17) is 0 Å². The van der Waals surface area contributed by atoms with E-state index < -0.39 is 0 Å². The monoisotopic (exact) mass is 488 g/mol. The van der Waals surface area contributed by atoms with Crippen LogP contribution in [0.2, 0.25) is 0 Å². The summed E-state index contributed by atoms with van der Waals surface area (Å²) in [4.78, 5) is 30.8. The second-order valence-corrected chi connectivity index (χ2v) is 9.50. The Morgan fingerprint density at radius 3 is 2.40 bits per heavy atom. The maximum Gasteiger partial charge on any atom is 0.253 e. The van der Waals surface area contributed by atoms with Gasteiger partial charge in [0.2, 0.25) is 5.91 Å². The average molecular weight is 489 g/mol. The molecule has 1 aliphatic heterocycles. The summed E-state index contributed by atoms with van der Waals surface area (Å²) in [7, 11) is 0. The van der Waals surface area contributed by atoms with Gasteiger partial charge in [0, 0.05) is 52.8 Å². The number of hydrogen-bond donors (Lipinski definition) is 0. The van der Waals surface area contributed by atoms with Crippen LogP contribution >= 0.6 is 27.7 Å². The zero-order valence-electron chi connectivity index (χ0n) is 17.4. The number of hydrogen-bond acceptors (Lipinski definition) is 3. The molecule has 0 spiro atoms. The highest BCUT2D eigenvalue weighted by atomic mass is 79.9. The molecule has 4 nitrogen and oxygen atoms in total. The summed E-state index contributed by atoms with van der Waals surface area (Å²) < 4.78 is 1.07. The Labute approximate surface area is 192 Å². The van der Waals surface area contributed by atoms with Gasteiger partial charge < -0.3 is 9.80 Å². The molecule has 0 atom stereocenters. The first-order valence-electron chi connectivity index (χ1n) is 10.6. The molecule has 0 N–H and O–H groups in total. The number of rotatable bonds is 8. The van der Waals surface area contributed by atoms with E-state index in [1.54, 1.807) is 11.8 Å². The third kappa shape index (κ3) is 6.11. The standard InChI is InChI=1S/C24H29BrN2O2S/c1-2-15-27(23(28)14-18-30-22-11-7-6-10-21(22)25)20-12-16-26(17-13-20)24(29)19-8-4-3-5-9-19/h3-11,20H,2,12-18H2,1H3. The van der Waals surface area contributed by atoms with Crippen molar-refractivity contribution in [2.75, 3.05) is 25.4 Å². The minimum Gasteiger partial charge on any atom is -0.340 e. The van der Waals surface area contributed by atoms with Crippen LogP contribution in [0.1, 0.15) is 43.0 Å². The third-order valence-electron chi connectivity index (χ3n) is 5.41. The van der Waals surface area contributed by atoms with Gasteiger partial charge in [0.05, 0.1) is 0 Å². The molecule has 3 rings (SSSR count). The van der Waals surface area contributed by atoms with Gasteiger partial charge in [-0.15, -0.1) is 11.8 Å². The fourth-order valence-corrected chi connectivity index (χ4v) is 5.35. The summed E-state index contributed by atoms with van der Waals surface area (Å²) in [5.41, 5.74) is 0.738. The zero-order chi connectivity index (χ0) is 21.3. The number of likely N-dealkylation sites (tertiary alicyclic amines) is 1. The van der Waals surface area contributed by atoms with E-state index in [9.17, 15) is 9.59 Å². The van der Waals surface area contributed by atoms with Crippen LogP contribution in [0.4, 0.5) is 0 Å². The Balaban J connectivity index is 1.51. The maximum atomic E-state index is 13.0. The Morgan fingerprint density at radius 1 is 1.07 bits per heavy atom. The summed E-state index contributed by atoms with van der Waals surface area (Å²) in [6.45, 7) is 4.31. The van der Waals surface area contributed by atoms with Gasteiger partial charge in [-0.25, -0.2) is 0 Å². The minimum absolute atomic E-state index is 0.0901. The van der Waals surface area contributed by atoms with Crippen molar-refractivity contribution < 1.29 is 9.59 Å². The Bertz CT molecular complexity index is 838. The lowest BCUT2D eigenvalue weighted by Gasteiger charge is -2.38. The third-order valence-corrected chi connectivity index (χ3v) is 7.44. The van der Waals surface area contributed by atoms with Crippen molar-refractivity contribution in [3.05, 3.63) is 64.6 Å². The van der Waals surface area contributed by atoms with Crippen molar-refractivity contribution in [2.45, 2.75) is 43.5 Å². The highest BCUT2D eigenvalue weighted by Gasteiger charge is 2.29. The van der Waals surface area contributed by atoms with Crippen molar-refractivity contribution in [1.82, 2.24) is 9.80 Å². The smallest absolute Gasteiger partial charge is 0.253 e. The molecule has 0 saturated carbocycles. The molecule has 1 saturated heterocycles. The molecule has 1 fully saturated rings. The van der Waals surface area contributed by atoms with E-state index in [2.05, 4.69) is 33.8 Å². The number of thioether (sulfide) groups is 1. The van der Waals surface area contributed by atoms with Crippen LogP contribution in [-0.2, 0) is 4.79 Å². The Kier molecular flexibility index (Phi) is 8.82. The molecule has 0 aliphatic carbocycles. The lowest BCUT2D eigenvalue weighted by atomic mass is 10.0. The molecular formula is C24H29BrN2O2S. The lowest BCUT2D eigenvalue weighted by molar-refractivity contribution is -0.134. The van der Waals surface area contributed by atoms with Crippen molar-refractivity contribution in [2.24, 2.45) is 0 Å². The predicted molar refractivity (Wildman–Crippen MR) is 127 cm³/mol. The van der Waals surface area contributed by atoms with Crippen LogP contribution in [0.25, 0.3) is 0 Å². The molecule has 160 valence electrons. The quantitative estimate of drug-likeness (QED) is 0.462. The van der Waals surface area contributed by atoms with Crippen LogP contribution in [0.15, 0.2) is 64.0 Å². The maximum absolute atomic E-state index is 13.0. The first kappa shape index (κ1) is 22.9. The summed E-state index contributed by atoms with van der Waals surface area (Å²) in [6.07, 6.45) is 3.19. The van der Waals surface area contributed by atoms with E-state index in [0.29, 0.717) is 19.5 Å². The largest absolute Gasteiger partial charge is 0.340 e. The van der Waals surface area contributed by atoms with E-state index in [1.165, 1.54) is 4.90 Å². The molecule has 0 aromatic heterocycles. The van der Waals surface area contributed by atoms with Crippen LogP contribution in [0.3, 0.4) is 0 Å². The van der Waals surface area contributed by atoms with Gasteiger partial charge in [0.1, 0.15) is 0 Å². The Hall–Kier alpha value is -1.79. The summed E-state index contributed by atoms with van der Waals surface area (Å²) >= 11 is 5.28. The molecule has 2 amide bonds. The van der Waals surface area contributed by atoms with Gasteiger partial charge in [-0.2, -0.15) is 0 Å². The minimum atomic E-state index is 0.0901. The first-order chi connectivity index (χ1) is 14.6. The van der Waals surface area contributed by atoms with Gasteiger partial charge >= 0.3 is 0 Å². The lowest BCUT2D eigenvalue weighted by Crippen LogP contribution is -2.49. The number of halogens is 1. The summed E-state index contributed by atoms with van der Waals surface area (Å²) in [6, 6.07) is 17.8. The molecule has 1 heterocycles. The van der Waals surface area contributed by atoms with Crippen molar-refractivity contribution in [3.8, 4) is 0 Å². The van der Waals surface area contributed by atoms with Gasteiger partial charge in [-0.3, -0.25) is 9.59 Å². The number of nitrogens with zero attached hydrogens (tertiary/aromatic N) is 2. The number of benzene rings is 2. The second kappa shape index (κ2) is 11.6. The summed E-state index contributed by atoms with van der Waals surface area (Å²) in [5, 5.41) is 0. The fourth-order valence-electron chi connectivity index (χ4n) is 3.85. The number of piperidine rings is 1. The van der Waals surface area contributed by atoms with E-state index in [1.807, 2.05) is 53.4 Å². The van der Waals surface area contributed by atoms with Gasteiger partial charge in [0.25, 0.3) is 5.91 Å². The van der Waals surface area contributed by atoms with Gasteiger partial charge in [-0.1, -0.05) is 37.3 Å². The normalized spacial score (nSPS) is 14.5. The fraction of sp³-hybridized carbons (Fsp3) is 0.417. The van der Waals surface area contributed by atoms with Gasteiger partial charge in [-0.05, 0) is 59.5 Å². The van der Waals surface area contributed by atoms with Crippen molar-refractivity contribution in [3.63, 3.8) is 0 Å².